The van der Waals surface area contributed by atoms with Gasteiger partial charge in [0.2, 0.25) is 11.8 Å². The van der Waals surface area contributed by atoms with Crippen molar-refractivity contribution in [3.8, 4) is 0 Å². The standard InChI is InChI=1S/C16H24ClN3O2.ClH/c1-4-20(10-12-7-5-6-8-13(12)17)14(21)9-19-16(22)15(18)11(2)3;/h5-8,11,15H,4,9-10,18H2,1-3H3,(H,19,22);1H/t15-;/m0./s1. The van der Waals surface area contributed by atoms with Crippen molar-refractivity contribution in [3.05, 3.63) is 34.9 Å². The Morgan fingerprint density at radius 3 is 2.43 bits per heavy atom. The Bertz CT molecular complexity index is 524. The monoisotopic (exact) mass is 361 g/mol. The van der Waals surface area contributed by atoms with E-state index in [1.807, 2.05) is 39.0 Å². The molecule has 0 saturated carbocycles. The van der Waals surface area contributed by atoms with E-state index in [4.69, 9.17) is 17.3 Å². The number of likely N-dealkylation sites (N-methyl/N-ethyl adjacent to an activating group) is 1. The van der Waals surface area contributed by atoms with Crippen LogP contribution in [-0.4, -0.2) is 35.8 Å². The molecule has 7 heteroatoms. The molecule has 0 unspecified atom stereocenters. The van der Waals surface area contributed by atoms with Crippen LogP contribution in [0.2, 0.25) is 5.02 Å². The summed E-state index contributed by atoms with van der Waals surface area (Å²) in [5, 5.41) is 3.22. The van der Waals surface area contributed by atoms with E-state index in [9.17, 15) is 9.59 Å². The number of nitrogens with zero attached hydrogens (tertiary/aromatic N) is 1. The number of hydrogen-bond donors (Lipinski definition) is 2. The molecule has 1 aromatic rings. The molecule has 0 aliphatic rings. The Morgan fingerprint density at radius 1 is 1.30 bits per heavy atom. The summed E-state index contributed by atoms with van der Waals surface area (Å²) in [7, 11) is 0. The zero-order chi connectivity index (χ0) is 16.7. The number of carbonyl (C=O) groups excluding carboxylic acids is 2. The van der Waals surface area contributed by atoms with Gasteiger partial charge in [-0.1, -0.05) is 43.6 Å². The second-order valence-corrected chi connectivity index (χ2v) is 5.89. The van der Waals surface area contributed by atoms with Gasteiger partial charge in [-0.3, -0.25) is 9.59 Å². The fraction of sp³-hybridized carbons (Fsp3) is 0.500. The van der Waals surface area contributed by atoms with Crippen molar-refractivity contribution in [2.24, 2.45) is 11.7 Å². The van der Waals surface area contributed by atoms with E-state index in [0.29, 0.717) is 18.1 Å². The average molecular weight is 362 g/mol. The fourth-order valence-electron chi connectivity index (χ4n) is 1.90. The number of nitrogens with two attached hydrogens (primary N) is 1. The van der Waals surface area contributed by atoms with Gasteiger partial charge in [-0.15, -0.1) is 12.4 Å². The van der Waals surface area contributed by atoms with Gasteiger partial charge < -0.3 is 16.0 Å². The first-order valence-corrected chi connectivity index (χ1v) is 7.79. The molecule has 3 N–H and O–H groups in total. The van der Waals surface area contributed by atoms with Gasteiger partial charge in [-0.05, 0) is 24.5 Å². The third-order valence-electron chi connectivity index (χ3n) is 3.49. The lowest BCUT2D eigenvalue weighted by atomic mass is 10.1. The highest BCUT2D eigenvalue weighted by Crippen LogP contribution is 2.16. The maximum atomic E-state index is 12.2. The Hall–Kier alpha value is -1.30. The van der Waals surface area contributed by atoms with Crippen molar-refractivity contribution < 1.29 is 9.59 Å². The molecular formula is C16H25Cl2N3O2. The van der Waals surface area contributed by atoms with Gasteiger partial charge in [-0.2, -0.15) is 0 Å². The topological polar surface area (TPSA) is 75.4 Å². The zero-order valence-electron chi connectivity index (χ0n) is 13.7. The molecule has 0 heterocycles. The molecule has 1 aromatic carbocycles. The molecule has 5 nitrogen and oxygen atoms in total. The molecule has 1 atom stereocenters. The summed E-state index contributed by atoms with van der Waals surface area (Å²) in [5.74, 6) is -0.440. The molecule has 0 bridgehead atoms. The van der Waals surface area contributed by atoms with Crippen molar-refractivity contribution in [1.82, 2.24) is 10.2 Å². The van der Waals surface area contributed by atoms with Crippen molar-refractivity contribution in [2.75, 3.05) is 13.1 Å². The molecule has 0 aliphatic carbocycles. The van der Waals surface area contributed by atoms with Gasteiger partial charge in [-0.25, -0.2) is 0 Å². The number of halogens is 2. The van der Waals surface area contributed by atoms with Gasteiger partial charge in [0, 0.05) is 18.1 Å². The number of hydrogen-bond acceptors (Lipinski definition) is 3. The summed E-state index contributed by atoms with van der Waals surface area (Å²) in [6.07, 6.45) is 0. The smallest absolute Gasteiger partial charge is 0.242 e. The van der Waals surface area contributed by atoms with E-state index in [2.05, 4.69) is 5.32 Å². The van der Waals surface area contributed by atoms with Crippen molar-refractivity contribution >= 4 is 35.8 Å². The molecule has 2 amide bonds. The molecule has 0 spiro atoms. The van der Waals surface area contributed by atoms with Crippen LogP contribution < -0.4 is 11.1 Å². The first-order valence-electron chi connectivity index (χ1n) is 7.41. The van der Waals surface area contributed by atoms with Gasteiger partial charge >= 0.3 is 0 Å². The molecule has 0 aliphatic heterocycles. The number of amides is 2. The molecule has 0 radical (unpaired) electrons. The average Bonchev–Trinajstić information content (AvgIpc) is 2.50. The summed E-state index contributed by atoms with van der Waals surface area (Å²) < 4.78 is 0. The SMILES string of the molecule is CCN(Cc1ccccc1Cl)C(=O)CNC(=O)[C@@H](N)C(C)C.Cl. The third kappa shape index (κ3) is 6.77. The number of nitrogens with one attached hydrogen (secondary N) is 1. The highest BCUT2D eigenvalue weighted by atomic mass is 35.5. The third-order valence-corrected chi connectivity index (χ3v) is 3.86. The summed E-state index contributed by atoms with van der Waals surface area (Å²) >= 11 is 6.11. The summed E-state index contributed by atoms with van der Waals surface area (Å²) in [6.45, 7) is 6.51. The van der Waals surface area contributed by atoms with E-state index in [1.54, 1.807) is 11.0 Å². The van der Waals surface area contributed by atoms with E-state index in [-0.39, 0.29) is 36.7 Å². The molecule has 0 fully saturated rings. The van der Waals surface area contributed by atoms with Crippen LogP contribution in [0.1, 0.15) is 26.3 Å². The largest absolute Gasteiger partial charge is 0.346 e. The lowest BCUT2D eigenvalue weighted by Gasteiger charge is -2.22. The maximum absolute atomic E-state index is 12.2. The van der Waals surface area contributed by atoms with Crippen LogP contribution in [0.25, 0.3) is 0 Å². The lowest BCUT2D eigenvalue weighted by molar-refractivity contribution is -0.133. The Morgan fingerprint density at radius 2 is 1.91 bits per heavy atom. The van der Waals surface area contributed by atoms with Crippen molar-refractivity contribution in [1.29, 1.82) is 0 Å². The lowest BCUT2D eigenvalue weighted by Crippen LogP contribution is -2.47. The predicted octanol–water partition coefficient (Wildman–Crippen LogP) is 2.21. The molecule has 0 aromatic heterocycles. The van der Waals surface area contributed by atoms with Crippen LogP contribution in [0, 0.1) is 5.92 Å². The van der Waals surface area contributed by atoms with Crippen LogP contribution in [0.15, 0.2) is 24.3 Å². The van der Waals surface area contributed by atoms with Crippen LogP contribution in [0.4, 0.5) is 0 Å². The maximum Gasteiger partial charge on any atom is 0.242 e. The van der Waals surface area contributed by atoms with E-state index in [1.165, 1.54) is 0 Å². The minimum Gasteiger partial charge on any atom is -0.346 e. The summed E-state index contributed by atoms with van der Waals surface area (Å²) in [5.41, 5.74) is 6.62. The predicted molar refractivity (Wildman–Crippen MR) is 95.6 cm³/mol. The highest BCUT2D eigenvalue weighted by Gasteiger charge is 2.19. The first-order chi connectivity index (χ1) is 10.4. The Kier molecular flexibility index (Phi) is 9.88. The zero-order valence-corrected chi connectivity index (χ0v) is 15.3. The summed E-state index contributed by atoms with van der Waals surface area (Å²) in [4.78, 5) is 25.6. The Labute approximate surface area is 149 Å². The number of carbonyl (C=O) groups is 2. The second-order valence-electron chi connectivity index (χ2n) is 5.49. The van der Waals surface area contributed by atoms with Crippen LogP contribution in [0.5, 0.6) is 0 Å². The summed E-state index contributed by atoms with van der Waals surface area (Å²) in [6, 6.07) is 6.79. The van der Waals surface area contributed by atoms with Crippen LogP contribution in [-0.2, 0) is 16.1 Å². The van der Waals surface area contributed by atoms with Gasteiger partial charge in [0.15, 0.2) is 0 Å². The minimum atomic E-state index is -0.605. The van der Waals surface area contributed by atoms with E-state index >= 15 is 0 Å². The van der Waals surface area contributed by atoms with Crippen LogP contribution >= 0.6 is 24.0 Å². The van der Waals surface area contributed by atoms with Gasteiger partial charge in [0.1, 0.15) is 0 Å². The molecular weight excluding hydrogens is 337 g/mol. The highest BCUT2D eigenvalue weighted by molar-refractivity contribution is 6.31. The molecule has 0 saturated heterocycles. The molecule has 130 valence electrons. The normalized spacial score (nSPS) is 11.6. The van der Waals surface area contributed by atoms with Gasteiger partial charge in [0.05, 0.1) is 12.6 Å². The van der Waals surface area contributed by atoms with E-state index in [0.717, 1.165) is 5.56 Å². The van der Waals surface area contributed by atoms with Gasteiger partial charge in [0.25, 0.3) is 0 Å². The van der Waals surface area contributed by atoms with E-state index < -0.39 is 6.04 Å². The first kappa shape index (κ1) is 21.7. The number of benzene rings is 1. The van der Waals surface area contributed by atoms with Crippen molar-refractivity contribution in [2.45, 2.75) is 33.4 Å². The molecule has 1 rings (SSSR count). The fourth-order valence-corrected chi connectivity index (χ4v) is 2.10. The van der Waals surface area contributed by atoms with Crippen molar-refractivity contribution in [3.63, 3.8) is 0 Å². The second kappa shape index (κ2) is 10.5. The van der Waals surface area contributed by atoms with Crippen LogP contribution in [0.3, 0.4) is 0 Å². The quantitative estimate of drug-likeness (QED) is 0.781. The Balaban J connectivity index is 0.00000484. The molecule has 23 heavy (non-hydrogen) atoms. The minimum absolute atomic E-state index is 0. The number of rotatable bonds is 7.